The van der Waals surface area contributed by atoms with Crippen LogP contribution in [0.5, 0.6) is 11.5 Å². The summed E-state index contributed by atoms with van der Waals surface area (Å²) in [7, 11) is 0. The van der Waals surface area contributed by atoms with E-state index in [9.17, 15) is 0 Å². The fourth-order valence-electron chi connectivity index (χ4n) is 7.63. The van der Waals surface area contributed by atoms with Gasteiger partial charge in [0, 0.05) is 40.9 Å². The molecule has 4 heterocycles. The second-order valence-electron chi connectivity index (χ2n) is 14.6. The monoisotopic (exact) mass is 666 g/mol. The molecule has 51 heavy (non-hydrogen) atoms. The van der Waals surface area contributed by atoms with E-state index in [2.05, 4.69) is 119 Å². The topological polar surface area (TPSA) is 58.0 Å². The van der Waals surface area contributed by atoms with Crippen LogP contribution in [0.1, 0.15) is 43.0 Å². The first-order chi connectivity index (χ1) is 24.6. The molecule has 5 aromatic carbocycles. The highest BCUT2D eigenvalue weighted by Crippen LogP contribution is 2.46. The Bertz CT molecular complexity index is 2790. The minimum absolute atomic E-state index is 0.0329. The van der Waals surface area contributed by atoms with Gasteiger partial charge in [0.05, 0.1) is 33.2 Å². The second-order valence-corrected chi connectivity index (χ2v) is 14.6. The van der Waals surface area contributed by atoms with Crippen molar-refractivity contribution in [1.29, 1.82) is 0 Å². The van der Waals surface area contributed by atoms with Crippen LogP contribution in [0.2, 0.25) is 0 Å². The Kier molecular flexibility index (Phi) is 6.94. The molecular formula is C45H38N4O2. The Morgan fingerprint density at radius 2 is 1.47 bits per heavy atom. The molecule has 0 bridgehead atoms. The van der Waals surface area contributed by atoms with E-state index in [1.165, 1.54) is 27.8 Å². The summed E-state index contributed by atoms with van der Waals surface area (Å²) in [6, 6.07) is 37.7. The molecular weight excluding hydrogens is 629 g/mol. The van der Waals surface area contributed by atoms with Crippen LogP contribution in [0.25, 0.3) is 66.5 Å². The molecule has 0 N–H and O–H groups in total. The minimum Gasteiger partial charge on any atom is -0.456 e. The van der Waals surface area contributed by atoms with Gasteiger partial charge in [-0.1, -0.05) is 80.9 Å². The van der Waals surface area contributed by atoms with Gasteiger partial charge in [-0.25, -0.2) is 9.67 Å². The van der Waals surface area contributed by atoms with Crippen molar-refractivity contribution >= 4 is 43.7 Å². The highest BCUT2D eigenvalue weighted by molar-refractivity contribution is 6.25. The molecule has 4 aromatic heterocycles. The number of para-hydroxylation sites is 2. The van der Waals surface area contributed by atoms with Gasteiger partial charge in [0.2, 0.25) is 0 Å². The van der Waals surface area contributed by atoms with Gasteiger partial charge in [-0.3, -0.25) is 4.57 Å². The fraction of sp³-hybridized carbons (Fsp3) is 0.156. The van der Waals surface area contributed by atoms with Crippen molar-refractivity contribution < 1.29 is 9.15 Å². The number of nitrogens with zero attached hydrogens (tertiary/aromatic N) is 4. The maximum atomic E-state index is 6.90. The first-order valence-corrected chi connectivity index (χ1v) is 17.4. The van der Waals surface area contributed by atoms with E-state index >= 15 is 0 Å². The molecule has 0 aliphatic carbocycles. The second kappa shape index (κ2) is 11.5. The van der Waals surface area contributed by atoms with E-state index in [1.54, 1.807) is 0 Å². The van der Waals surface area contributed by atoms with Crippen LogP contribution in [0.4, 0.5) is 0 Å². The molecule has 9 aromatic rings. The van der Waals surface area contributed by atoms with Crippen molar-refractivity contribution in [2.75, 3.05) is 0 Å². The van der Waals surface area contributed by atoms with Crippen LogP contribution in [-0.2, 0) is 5.41 Å². The highest BCUT2D eigenvalue weighted by atomic mass is 16.5. The van der Waals surface area contributed by atoms with Crippen LogP contribution in [0.3, 0.4) is 0 Å². The quantitative estimate of drug-likeness (QED) is 0.183. The van der Waals surface area contributed by atoms with Gasteiger partial charge in [0.25, 0.3) is 0 Å². The molecule has 0 radical (unpaired) electrons. The number of aryl methyl sites for hydroxylation is 3. The van der Waals surface area contributed by atoms with Crippen molar-refractivity contribution in [3.63, 3.8) is 0 Å². The Morgan fingerprint density at radius 1 is 0.706 bits per heavy atom. The molecule has 0 aliphatic rings. The molecule has 0 unspecified atom stereocenters. The van der Waals surface area contributed by atoms with Gasteiger partial charge in [0.1, 0.15) is 28.5 Å². The number of hydrogen-bond acceptors (Lipinski definition) is 4. The van der Waals surface area contributed by atoms with Crippen molar-refractivity contribution in [1.82, 2.24) is 19.3 Å². The fourth-order valence-corrected chi connectivity index (χ4v) is 7.63. The van der Waals surface area contributed by atoms with Crippen LogP contribution < -0.4 is 4.74 Å². The summed E-state index contributed by atoms with van der Waals surface area (Å²) >= 11 is 0. The summed E-state index contributed by atoms with van der Waals surface area (Å²) in [6.07, 6.45) is 3.92. The molecule has 0 fully saturated rings. The number of pyridine rings is 1. The zero-order valence-electron chi connectivity index (χ0n) is 29.7. The van der Waals surface area contributed by atoms with E-state index < -0.39 is 0 Å². The number of ether oxygens (including phenoxy) is 1. The molecule has 0 amide bonds. The third-order valence-corrected chi connectivity index (χ3v) is 9.92. The number of hydrogen-bond donors (Lipinski definition) is 0. The number of rotatable bonds is 5. The zero-order chi connectivity index (χ0) is 35.0. The highest BCUT2D eigenvalue weighted by Gasteiger charge is 2.24. The van der Waals surface area contributed by atoms with Crippen molar-refractivity contribution in [2.24, 2.45) is 0 Å². The molecule has 6 heteroatoms. The van der Waals surface area contributed by atoms with Gasteiger partial charge in [-0.05, 0) is 85.3 Å². The lowest BCUT2D eigenvalue weighted by Crippen LogP contribution is -2.12. The standard InChI is InChI=1S/C45H38N4O2/c1-27-22-28(2)41(29(3)23-27)35-19-21-48(47-35)31-12-11-13-32(25-31)50-39-26-37-42(44-43(39)34-15-8-10-17-38(34)51-44)33-14-7-9-16-36(33)49(37)40-24-30(18-20-46-40)45(4,5)6/h7-26H,1-6H3. The van der Waals surface area contributed by atoms with Crippen LogP contribution >= 0.6 is 0 Å². The van der Waals surface area contributed by atoms with Crippen molar-refractivity contribution in [3.8, 4) is 34.3 Å². The maximum absolute atomic E-state index is 6.90. The molecule has 0 saturated heterocycles. The summed E-state index contributed by atoms with van der Waals surface area (Å²) < 4.78 is 17.8. The first kappa shape index (κ1) is 30.9. The Hall–Kier alpha value is -6.14. The summed E-state index contributed by atoms with van der Waals surface area (Å²) in [6.45, 7) is 13.1. The van der Waals surface area contributed by atoms with Crippen LogP contribution in [0, 0.1) is 20.8 Å². The number of benzene rings is 5. The third-order valence-electron chi connectivity index (χ3n) is 9.92. The van der Waals surface area contributed by atoms with E-state index in [0.717, 1.165) is 60.9 Å². The van der Waals surface area contributed by atoms with Gasteiger partial charge in [-0.2, -0.15) is 5.10 Å². The lowest BCUT2D eigenvalue weighted by molar-refractivity contribution is 0.488. The summed E-state index contributed by atoms with van der Waals surface area (Å²) in [5, 5.41) is 9.08. The summed E-state index contributed by atoms with van der Waals surface area (Å²) in [5.41, 5.74) is 11.5. The average molecular weight is 667 g/mol. The molecule has 250 valence electrons. The van der Waals surface area contributed by atoms with E-state index in [0.29, 0.717) is 11.5 Å². The smallest absolute Gasteiger partial charge is 0.149 e. The Labute approximate surface area is 296 Å². The van der Waals surface area contributed by atoms with Gasteiger partial charge in [-0.15, -0.1) is 0 Å². The van der Waals surface area contributed by atoms with Crippen LogP contribution in [0.15, 0.2) is 126 Å². The molecule has 0 atom stereocenters. The molecule has 0 saturated carbocycles. The van der Waals surface area contributed by atoms with Crippen molar-refractivity contribution in [3.05, 3.63) is 144 Å². The third kappa shape index (κ3) is 5.09. The van der Waals surface area contributed by atoms with Gasteiger partial charge >= 0.3 is 0 Å². The summed E-state index contributed by atoms with van der Waals surface area (Å²) in [5.74, 6) is 2.27. The minimum atomic E-state index is -0.0329. The number of aromatic nitrogens is 4. The van der Waals surface area contributed by atoms with E-state index in [1.807, 2.05) is 53.5 Å². The Morgan fingerprint density at radius 3 is 2.27 bits per heavy atom. The molecule has 0 spiro atoms. The summed E-state index contributed by atoms with van der Waals surface area (Å²) in [4.78, 5) is 4.90. The lowest BCUT2D eigenvalue weighted by atomic mass is 9.88. The molecule has 9 rings (SSSR count). The predicted molar refractivity (Wildman–Crippen MR) is 208 cm³/mol. The molecule has 0 aliphatic heterocycles. The van der Waals surface area contributed by atoms with Gasteiger partial charge in [0.15, 0.2) is 0 Å². The number of furan rings is 1. The maximum Gasteiger partial charge on any atom is 0.149 e. The van der Waals surface area contributed by atoms with Crippen LogP contribution in [-0.4, -0.2) is 19.3 Å². The first-order valence-electron chi connectivity index (χ1n) is 17.4. The average Bonchev–Trinajstić information content (AvgIpc) is 3.82. The predicted octanol–water partition coefficient (Wildman–Crippen LogP) is 11.9. The normalized spacial score (nSPS) is 12.1. The Balaban J connectivity index is 1.23. The molecule has 6 nitrogen and oxygen atoms in total. The zero-order valence-corrected chi connectivity index (χ0v) is 29.7. The largest absolute Gasteiger partial charge is 0.456 e. The lowest BCUT2D eigenvalue weighted by Gasteiger charge is -2.20. The SMILES string of the molecule is Cc1cc(C)c(-c2ccn(-c3cccc(Oc4cc5c(c6ccccc6n5-c5cc(C(C)(C)C)ccn5)c5oc6ccccc6c45)c3)n2)c(C)c1. The number of fused-ring (bicyclic) bond motifs is 7. The van der Waals surface area contributed by atoms with E-state index in [4.69, 9.17) is 19.2 Å². The van der Waals surface area contributed by atoms with Crippen molar-refractivity contribution in [2.45, 2.75) is 47.0 Å². The van der Waals surface area contributed by atoms with Gasteiger partial charge < -0.3 is 9.15 Å². The van der Waals surface area contributed by atoms with E-state index in [-0.39, 0.29) is 5.41 Å².